The van der Waals surface area contributed by atoms with Gasteiger partial charge in [0.15, 0.2) is 0 Å². The number of hydrogen-bond acceptors (Lipinski definition) is 3. The zero-order valence-electron chi connectivity index (χ0n) is 19.2. The van der Waals surface area contributed by atoms with E-state index in [0.717, 1.165) is 11.1 Å². The Morgan fingerprint density at radius 1 is 1.09 bits per heavy atom. The van der Waals surface area contributed by atoms with Gasteiger partial charge in [-0.25, -0.2) is 4.39 Å². The lowest BCUT2D eigenvalue weighted by Crippen LogP contribution is -2.46. The van der Waals surface area contributed by atoms with Crippen molar-refractivity contribution in [2.75, 3.05) is 12.0 Å². The minimum absolute atomic E-state index is 0.119. The largest absolute Gasteiger partial charge is 0.497 e. The average Bonchev–Trinajstić information content (AvgIpc) is 2.84. The van der Waals surface area contributed by atoms with E-state index in [1.165, 1.54) is 24.3 Å². The van der Waals surface area contributed by atoms with Gasteiger partial charge in [-0.1, -0.05) is 23.7 Å². The summed E-state index contributed by atoms with van der Waals surface area (Å²) in [5.41, 5.74) is 2.75. The fourth-order valence-electron chi connectivity index (χ4n) is 4.35. The number of anilines is 1. The number of halogens is 2. The molecule has 3 aromatic rings. The van der Waals surface area contributed by atoms with Crippen LogP contribution in [0.1, 0.15) is 53.7 Å². The van der Waals surface area contributed by atoms with Crippen molar-refractivity contribution in [2.24, 2.45) is 0 Å². The summed E-state index contributed by atoms with van der Waals surface area (Å²) < 4.78 is 18.8. The Hall–Kier alpha value is -3.38. The van der Waals surface area contributed by atoms with Gasteiger partial charge in [0.05, 0.1) is 19.1 Å². The van der Waals surface area contributed by atoms with E-state index in [9.17, 15) is 14.0 Å². The molecule has 3 aromatic carbocycles. The van der Waals surface area contributed by atoms with Crippen LogP contribution in [0.25, 0.3) is 0 Å². The van der Waals surface area contributed by atoms with E-state index in [4.69, 9.17) is 16.3 Å². The highest BCUT2D eigenvalue weighted by molar-refractivity contribution is 6.30. The standard InChI is InChI=1S/C27H26ClFN2O3/c1-16-14-24(30-26(32)17(2)18-4-8-20(28)9-5-18)23-15-22(34-3)12-13-25(23)31(16)27(33)19-6-10-21(29)11-7-19/h4-13,15-17,24H,14H2,1-3H3,(H,30,32). The topological polar surface area (TPSA) is 58.6 Å². The summed E-state index contributed by atoms with van der Waals surface area (Å²) in [4.78, 5) is 28.2. The summed E-state index contributed by atoms with van der Waals surface area (Å²) >= 11 is 5.98. The average molecular weight is 481 g/mol. The van der Waals surface area contributed by atoms with Crippen LogP contribution in [0.15, 0.2) is 66.7 Å². The minimum Gasteiger partial charge on any atom is -0.497 e. The molecule has 4 rings (SSSR count). The third-order valence-electron chi connectivity index (χ3n) is 6.28. The molecule has 1 aliphatic heterocycles. The van der Waals surface area contributed by atoms with Gasteiger partial charge < -0.3 is 15.0 Å². The number of amides is 2. The Balaban J connectivity index is 1.65. The summed E-state index contributed by atoms with van der Waals surface area (Å²) in [6.07, 6.45) is 0.520. The molecule has 7 heteroatoms. The Labute approximate surface area is 203 Å². The number of benzene rings is 3. The van der Waals surface area contributed by atoms with Gasteiger partial charge in [0.25, 0.3) is 5.91 Å². The fourth-order valence-corrected chi connectivity index (χ4v) is 4.47. The fraction of sp³-hybridized carbons (Fsp3) is 0.259. The molecule has 0 fully saturated rings. The van der Waals surface area contributed by atoms with E-state index in [1.807, 2.05) is 38.1 Å². The molecule has 1 N–H and O–H groups in total. The molecule has 176 valence electrons. The van der Waals surface area contributed by atoms with E-state index in [0.29, 0.717) is 28.4 Å². The van der Waals surface area contributed by atoms with Crippen molar-refractivity contribution >= 4 is 29.1 Å². The molecule has 3 unspecified atom stereocenters. The van der Waals surface area contributed by atoms with Gasteiger partial charge in [-0.3, -0.25) is 9.59 Å². The molecule has 1 aliphatic rings. The van der Waals surface area contributed by atoms with Crippen molar-refractivity contribution in [3.05, 3.63) is 94.3 Å². The zero-order valence-corrected chi connectivity index (χ0v) is 20.0. The SMILES string of the molecule is COc1ccc2c(c1)C(NC(=O)C(C)c1ccc(Cl)cc1)CC(C)N2C(=O)c1ccc(F)cc1. The van der Waals surface area contributed by atoms with Gasteiger partial charge in [0.1, 0.15) is 11.6 Å². The quantitative estimate of drug-likeness (QED) is 0.495. The van der Waals surface area contributed by atoms with Crippen LogP contribution < -0.4 is 15.0 Å². The summed E-state index contributed by atoms with van der Waals surface area (Å²) in [5.74, 6) is -0.483. The Bertz CT molecular complexity index is 1200. The predicted octanol–water partition coefficient (Wildman–Crippen LogP) is 5.89. The highest BCUT2D eigenvalue weighted by Crippen LogP contribution is 2.40. The number of nitrogens with one attached hydrogen (secondary N) is 1. The van der Waals surface area contributed by atoms with Crippen LogP contribution in [0, 0.1) is 5.82 Å². The number of fused-ring (bicyclic) bond motifs is 1. The maximum absolute atomic E-state index is 13.4. The molecule has 1 heterocycles. The maximum Gasteiger partial charge on any atom is 0.258 e. The molecule has 0 aromatic heterocycles. The summed E-state index contributed by atoms with van der Waals surface area (Å²) in [7, 11) is 1.57. The van der Waals surface area contributed by atoms with E-state index >= 15 is 0 Å². The maximum atomic E-state index is 13.4. The van der Waals surface area contributed by atoms with E-state index in [1.54, 1.807) is 30.2 Å². The molecule has 0 bridgehead atoms. The number of nitrogens with zero attached hydrogens (tertiary/aromatic N) is 1. The first kappa shape index (κ1) is 23.8. The number of methoxy groups -OCH3 is 1. The minimum atomic E-state index is -0.397. The summed E-state index contributed by atoms with van der Waals surface area (Å²) in [5, 5.41) is 3.78. The molecule has 5 nitrogen and oxygen atoms in total. The van der Waals surface area contributed by atoms with Gasteiger partial charge >= 0.3 is 0 Å². The van der Waals surface area contributed by atoms with Gasteiger partial charge in [-0.05, 0) is 80.4 Å². The van der Waals surface area contributed by atoms with Crippen LogP contribution in [-0.2, 0) is 4.79 Å². The molecule has 0 saturated heterocycles. The first-order valence-corrected chi connectivity index (χ1v) is 11.5. The van der Waals surface area contributed by atoms with Gasteiger partial charge in [-0.2, -0.15) is 0 Å². The predicted molar refractivity (Wildman–Crippen MR) is 131 cm³/mol. The summed E-state index contributed by atoms with van der Waals surface area (Å²) in [6, 6.07) is 17.7. The highest BCUT2D eigenvalue weighted by atomic mass is 35.5. The van der Waals surface area contributed by atoms with Crippen LogP contribution in [0.3, 0.4) is 0 Å². The van der Waals surface area contributed by atoms with Crippen molar-refractivity contribution < 1.29 is 18.7 Å². The zero-order chi connectivity index (χ0) is 24.4. The first-order valence-electron chi connectivity index (χ1n) is 11.1. The van der Waals surface area contributed by atoms with Gasteiger partial charge in [0.2, 0.25) is 5.91 Å². The molecule has 0 saturated carbocycles. The van der Waals surface area contributed by atoms with Crippen molar-refractivity contribution in [1.82, 2.24) is 5.32 Å². The first-order chi connectivity index (χ1) is 16.3. The molecule has 2 amide bonds. The van der Waals surface area contributed by atoms with Crippen LogP contribution in [-0.4, -0.2) is 25.0 Å². The van der Waals surface area contributed by atoms with Crippen LogP contribution in [0.5, 0.6) is 5.75 Å². The smallest absolute Gasteiger partial charge is 0.258 e. The Kier molecular flexibility index (Phi) is 6.89. The Morgan fingerprint density at radius 2 is 1.76 bits per heavy atom. The van der Waals surface area contributed by atoms with Crippen molar-refractivity contribution in [3.8, 4) is 5.75 Å². The third kappa shape index (κ3) is 4.77. The van der Waals surface area contributed by atoms with E-state index in [-0.39, 0.29) is 29.8 Å². The lowest BCUT2D eigenvalue weighted by molar-refractivity contribution is -0.123. The molecule has 0 aliphatic carbocycles. The number of carbonyl (C=O) groups is 2. The van der Waals surface area contributed by atoms with Crippen LogP contribution in [0.4, 0.5) is 10.1 Å². The number of carbonyl (C=O) groups excluding carboxylic acids is 2. The molecular formula is C27H26ClFN2O3. The highest BCUT2D eigenvalue weighted by Gasteiger charge is 2.36. The molecule has 0 spiro atoms. The van der Waals surface area contributed by atoms with Crippen LogP contribution >= 0.6 is 11.6 Å². The van der Waals surface area contributed by atoms with E-state index < -0.39 is 5.82 Å². The van der Waals surface area contributed by atoms with Crippen molar-refractivity contribution in [1.29, 1.82) is 0 Å². The molecule has 3 atom stereocenters. The summed E-state index contributed by atoms with van der Waals surface area (Å²) in [6.45, 7) is 3.79. The molecule has 0 radical (unpaired) electrons. The second kappa shape index (κ2) is 9.85. The van der Waals surface area contributed by atoms with Gasteiger partial charge in [-0.15, -0.1) is 0 Å². The number of hydrogen-bond donors (Lipinski definition) is 1. The third-order valence-corrected chi connectivity index (χ3v) is 6.53. The normalized spacial score (nSPS) is 18.1. The van der Waals surface area contributed by atoms with Crippen molar-refractivity contribution in [3.63, 3.8) is 0 Å². The number of rotatable bonds is 5. The monoisotopic (exact) mass is 480 g/mol. The van der Waals surface area contributed by atoms with Gasteiger partial charge in [0, 0.05) is 27.9 Å². The Morgan fingerprint density at radius 3 is 2.41 bits per heavy atom. The van der Waals surface area contributed by atoms with Crippen molar-refractivity contribution in [2.45, 2.75) is 38.3 Å². The van der Waals surface area contributed by atoms with Crippen LogP contribution in [0.2, 0.25) is 5.02 Å². The lowest BCUT2D eigenvalue weighted by atomic mass is 9.90. The second-order valence-electron chi connectivity index (χ2n) is 8.53. The molecular weight excluding hydrogens is 455 g/mol. The number of ether oxygens (including phenoxy) is 1. The molecule has 34 heavy (non-hydrogen) atoms. The van der Waals surface area contributed by atoms with E-state index in [2.05, 4.69) is 5.32 Å². The lowest BCUT2D eigenvalue weighted by Gasteiger charge is -2.40. The second-order valence-corrected chi connectivity index (χ2v) is 8.96.